The maximum atomic E-state index is 12.5. The smallest absolute Gasteiger partial charge is 0.410 e. The van der Waals surface area contributed by atoms with E-state index >= 15 is 0 Å². The van der Waals surface area contributed by atoms with Crippen LogP contribution in [0.5, 0.6) is 5.88 Å². The molecule has 9 heteroatoms. The van der Waals surface area contributed by atoms with Crippen molar-refractivity contribution >= 4 is 22.8 Å². The number of benzene rings is 1. The lowest BCUT2D eigenvalue weighted by Gasteiger charge is -2.36. The molecule has 2 heterocycles. The Labute approximate surface area is 175 Å². The van der Waals surface area contributed by atoms with Gasteiger partial charge in [0.05, 0.1) is 28.8 Å². The molecule has 0 radical (unpaired) electrons. The molecule has 1 atom stereocenters. The number of fused-ring (bicyclic) bond motifs is 1. The number of nitro groups is 1. The zero-order chi connectivity index (χ0) is 21.7. The highest BCUT2D eigenvalue weighted by atomic mass is 16.6. The second kappa shape index (κ2) is 9.23. The SMILES string of the molecule is CC(C)(C)OC(=O)N1CCCCC1CCCOc1cnc2cc([N+](=O)[O-])ccc2n1. The quantitative estimate of drug-likeness (QED) is 0.388. The van der Waals surface area contributed by atoms with Crippen LogP contribution in [0.1, 0.15) is 52.9 Å². The predicted octanol–water partition coefficient (Wildman–Crippen LogP) is 4.49. The van der Waals surface area contributed by atoms with E-state index in [0.717, 1.165) is 38.6 Å². The highest BCUT2D eigenvalue weighted by Gasteiger charge is 2.30. The molecule has 1 aliphatic rings. The molecule has 1 amide bonds. The normalized spacial score (nSPS) is 17.0. The molecule has 1 fully saturated rings. The van der Waals surface area contributed by atoms with E-state index < -0.39 is 10.5 Å². The summed E-state index contributed by atoms with van der Waals surface area (Å²) in [5, 5.41) is 10.9. The van der Waals surface area contributed by atoms with Gasteiger partial charge in [-0.25, -0.2) is 14.8 Å². The molecule has 3 rings (SSSR count). The van der Waals surface area contributed by atoms with Crippen LogP contribution in [-0.2, 0) is 4.74 Å². The van der Waals surface area contributed by atoms with E-state index in [0.29, 0.717) is 23.5 Å². The highest BCUT2D eigenvalue weighted by molar-refractivity contribution is 5.77. The molecule has 1 unspecified atom stereocenters. The number of nitro benzene ring substituents is 1. The van der Waals surface area contributed by atoms with Crippen LogP contribution in [0.2, 0.25) is 0 Å². The molecule has 1 aliphatic heterocycles. The third kappa shape index (κ3) is 5.77. The number of likely N-dealkylation sites (tertiary alicyclic amines) is 1. The Bertz CT molecular complexity index is 912. The number of ether oxygens (including phenoxy) is 2. The van der Waals surface area contributed by atoms with Crippen LogP contribution >= 0.6 is 0 Å². The Morgan fingerprint density at radius 2 is 2.10 bits per heavy atom. The van der Waals surface area contributed by atoms with Gasteiger partial charge in [-0.2, -0.15) is 0 Å². The molecule has 1 aromatic carbocycles. The molecule has 1 saturated heterocycles. The maximum Gasteiger partial charge on any atom is 0.410 e. The number of hydrogen-bond donors (Lipinski definition) is 0. The van der Waals surface area contributed by atoms with Gasteiger partial charge in [0.2, 0.25) is 5.88 Å². The summed E-state index contributed by atoms with van der Waals surface area (Å²) >= 11 is 0. The number of carbonyl (C=O) groups is 1. The van der Waals surface area contributed by atoms with Gasteiger partial charge in [0.1, 0.15) is 5.60 Å². The second-order valence-corrected chi connectivity index (χ2v) is 8.45. The standard InChI is InChI=1S/C21H28N4O5/c1-21(2,3)30-20(26)24-11-5-4-7-15(24)8-6-12-29-19-14-22-18-13-16(25(27)28)9-10-17(18)23-19/h9-10,13-15H,4-8,11-12H2,1-3H3. The van der Waals surface area contributed by atoms with Crippen LogP contribution in [0.15, 0.2) is 24.4 Å². The molecule has 2 aromatic rings. The Morgan fingerprint density at radius 3 is 2.83 bits per heavy atom. The number of carbonyl (C=O) groups excluding carboxylic acids is 1. The first-order valence-electron chi connectivity index (χ1n) is 10.3. The number of rotatable bonds is 6. The van der Waals surface area contributed by atoms with Gasteiger partial charge in [0.15, 0.2) is 0 Å². The molecular weight excluding hydrogens is 388 g/mol. The van der Waals surface area contributed by atoms with E-state index in [9.17, 15) is 14.9 Å². The molecule has 9 nitrogen and oxygen atoms in total. The molecule has 0 spiro atoms. The van der Waals surface area contributed by atoms with Crippen molar-refractivity contribution in [3.63, 3.8) is 0 Å². The Morgan fingerprint density at radius 1 is 1.30 bits per heavy atom. The van der Waals surface area contributed by atoms with Crippen LogP contribution in [0.25, 0.3) is 11.0 Å². The minimum absolute atomic E-state index is 0.0208. The number of aromatic nitrogens is 2. The molecule has 0 N–H and O–H groups in total. The van der Waals surface area contributed by atoms with Gasteiger partial charge in [-0.05, 0) is 58.9 Å². The Balaban J connectivity index is 1.52. The van der Waals surface area contributed by atoms with Gasteiger partial charge in [0, 0.05) is 24.7 Å². The van der Waals surface area contributed by atoms with Crippen molar-refractivity contribution in [3.8, 4) is 5.88 Å². The van der Waals surface area contributed by atoms with Gasteiger partial charge in [-0.15, -0.1) is 0 Å². The molecule has 162 valence electrons. The zero-order valence-corrected chi connectivity index (χ0v) is 17.7. The van der Waals surface area contributed by atoms with Crippen molar-refractivity contribution in [3.05, 3.63) is 34.5 Å². The minimum atomic E-state index is -0.503. The lowest BCUT2D eigenvalue weighted by atomic mass is 9.98. The fourth-order valence-corrected chi connectivity index (χ4v) is 3.52. The monoisotopic (exact) mass is 416 g/mol. The van der Waals surface area contributed by atoms with Crippen LogP contribution in [-0.4, -0.2) is 50.7 Å². The summed E-state index contributed by atoms with van der Waals surface area (Å²) in [4.78, 5) is 33.3. The van der Waals surface area contributed by atoms with E-state index in [-0.39, 0.29) is 17.8 Å². The number of piperidine rings is 1. The zero-order valence-electron chi connectivity index (χ0n) is 17.7. The van der Waals surface area contributed by atoms with Gasteiger partial charge >= 0.3 is 6.09 Å². The summed E-state index contributed by atoms with van der Waals surface area (Å²) in [6, 6.07) is 4.50. The van der Waals surface area contributed by atoms with E-state index in [4.69, 9.17) is 9.47 Å². The lowest BCUT2D eigenvalue weighted by molar-refractivity contribution is -0.384. The maximum absolute atomic E-state index is 12.5. The van der Waals surface area contributed by atoms with E-state index in [2.05, 4.69) is 9.97 Å². The number of nitrogens with zero attached hydrogens (tertiary/aromatic N) is 4. The number of hydrogen-bond acceptors (Lipinski definition) is 7. The van der Waals surface area contributed by atoms with Crippen molar-refractivity contribution in [2.45, 2.75) is 64.5 Å². The molecule has 30 heavy (non-hydrogen) atoms. The Hall–Kier alpha value is -2.97. The van der Waals surface area contributed by atoms with Gasteiger partial charge in [-0.1, -0.05) is 0 Å². The fraction of sp³-hybridized carbons (Fsp3) is 0.571. The van der Waals surface area contributed by atoms with Crippen LogP contribution in [0, 0.1) is 10.1 Å². The third-order valence-electron chi connectivity index (χ3n) is 4.90. The summed E-state index contributed by atoms with van der Waals surface area (Å²) in [6.45, 7) is 6.80. The summed E-state index contributed by atoms with van der Waals surface area (Å²) in [7, 11) is 0. The van der Waals surface area contributed by atoms with Crippen LogP contribution in [0.3, 0.4) is 0 Å². The first-order chi connectivity index (χ1) is 14.2. The summed E-state index contributed by atoms with van der Waals surface area (Å²) in [5.74, 6) is 0.379. The first kappa shape index (κ1) is 21.7. The van der Waals surface area contributed by atoms with Crippen LogP contribution < -0.4 is 4.74 Å². The average Bonchev–Trinajstić information content (AvgIpc) is 2.69. The van der Waals surface area contributed by atoms with Crippen molar-refractivity contribution in [2.24, 2.45) is 0 Å². The largest absolute Gasteiger partial charge is 0.477 e. The van der Waals surface area contributed by atoms with Gasteiger partial charge in [0.25, 0.3) is 5.69 Å². The third-order valence-corrected chi connectivity index (χ3v) is 4.90. The second-order valence-electron chi connectivity index (χ2n) is 8.45. The van der Waals surface area contributed by atoms with Crippen molar-refractivity contribution in [1.29, 1.82) is 0 Å². The van der Waals surface area contributed by atoms with E-state index in [1.165, 1.54) is 18.3 Å². The van der Waals surface area contributed by atoms with E-state index in [1.807, 2.05) is 25.7 Å². The van der Waals surface area contributed by atoms with Crippen molar-refractivity contribution in [2.75, 3.05) is 13.2 Å². The molecule has 0 aliphatic carbocycles. The molecule has 0 bridgehead atoms. The number of non-ortho nitro benzene ring substituents is 1. The molecule has 1 aromatic heterocycles. The minimum Gasteiger partial charge on any atom is -0.477 e. The van der Waals surface area contributed by atoms with Gasteiger partial charge in [-0.3, -0.25) is 10.1 Å². The molecular formula is C21H28N4O5. The van der Waals surface area contributed by atoms with E-state index in [1.54, 1.807) is 6.07 Å². The summed E-state index contributed by atoms with van der Waals surface area (Å²) < 4.78 is 11.3. The Kier molecular flexibility index (Phi) is 6.69. The molecule has 0 saturated carbocycles. The van der Waals surface area contributed by atoms with Crippen molar-refractivity contribution in [1.82, 2.24) is 14.9 Å². The van der Waals surface area contributed by atoms with Crippen molar-refractivity contribution < 1.29 is 19.2 Å². The summed E-state index contributed by atoms with van der Waals surface area (Å²) in [6.07, 6.45) is 5.89. The van der Waals surface area contributed by atoms with Crippen LogP contribution in [0.4, 0.5) is 10.5 Å². The predicted molar refractivity (Wildman–Crippen MR) is 112 cm³/mol. The average molecular weight is 416 g/mol. The fourth-order valence-electron chi connectivity index (χ4n) is 3.52. The lowest BCUT2D eigenvalue weighted by Crippen LogP contribution is -2.46. The number of amides is 1. The highest BCUT2D eigenvalue weighted by Crippen LogP contribution is 2.24. The first-order valence-corrected chi connectivity index (χ1v) is 10.3. The summed E-state index contributed by atoms with van der Waals surface area (Å²) in [5.41, 5.74) is 0.470. The topological polar surface area (TPSA) is 108 Å². The van der Waals surface area contributed by atoms with Gasteiger partial charge < -0.3 is 14.4 Å².